The van der Waals surface area contributed by atoms with Gasteiger partial charge in [0.2, 0.25) is 0 Å². The van der Waals surface area contributed by atoms with Crippen LogP contribution in [0.25, 0.3) is 0 Å². The minimum atomic E-state index is 0.0300. The summed E-state index contributed by atoms with van der Waals surface area (Å²) in [6.45, 7) is 5.04. The van der Waals surface area contributed by atoms with Crippen LogP contribution >= 0.6 is 0 Å². The molecule has 0 aromatic carbocycles. The molecule has 72 valence electrons. The summed E-state index contributed by atoms with van der Waals surface area (Å²) in [4.78, 5) is 2.33. The Labute approximate surface area is 78.3 Å². The highest BCUT2D eigenvalue weighted by Gasteiger charge is 2.34. The average Bonchev–Trinajstić information content (AvgIpc) is 2.31. The molecule has 1 saturated heterocycles. The summed E-state index contributed by atoms with van der Waals surface area (Å²) < 4.78 is 1.83. The monoisotopic (exact) mass is 180 g/mol. The molecule has 2 heterocycles. The first-order valence-electron chi connectivity index (χ1n) is 4.54. The van der Waals surface area contributed by atoms with Crippen molar-refractivity contribution in [2.45, 2.75) is 19.0 Å². The molecule has 1 aromatic rings. The van der Waals surface area contributed by atoms with Crippen molar-refractivity contribution in [3.05, 3.63) is 18.0 Å². The molecule has 0 amide bonds. The van der Waals surface area contributed by atoms with Gasteiger partial charge in [0.15, 0.2) is 0 Å². The fourth-order valence-corrected chi connectivity index (χ4v) is 1.90. The fraction of sp³-hybridized carbons (Fsp3) is 0.667. The van der Waals surface area contributed by atoms with E-state index < -0.39 is 0 Å². The molecule has 0 bridgehead atoms. The summed E-state index contributed by atoms with van der Waals surface area (Å²) in [5.41, 5.74) is 7.20. The number of hydrogen-bond acceptors (Lipinski definition) is 3. The SMILES string of the molecule is Cn1cc(CN2CC(C)(N)C2)cn1. The maximum Gasteiger partial charge on any atom is 0.0534 e. The van der Waals surface area contributed by atoms with Gasteiger partial charge in [-0.25, -0.2) is 0 Å². The van der Waals surface area contributed by atoms with E-state index in [1.807, 2.05) is 24.1 Å². The largest absolute Gasteiger partial charge is 0.323 e. The van der Waals surface area contributed by atoms with Crippen molar-refractivity contribution in [3.8, 4) is 0 Å². The molecule has 0 spiro atoms. The lowest BCUT2D eigenvalue weighted by Gasteiger charge is -2.45. The molecule has 2 rings (SSSR count). The molecular weight excluding hydrogens is 164 g/mol. The molecule has 0 unspecified atom stereocenters. The third-order valence-corrected chi connectivity index (χ3v) is 2.33. The summed E-state index contributed by atoms with van der Waals surface area (Å²) in [7, 11) is 1.94. The first-order valence-corrected chi connectivity index (χ1v) is 4.54. The number of aryl methyl sites for hydroxylation is 1. The van der Waals surface area contributed by atoms with E-state index in [1.54, 1.807) is 0 Å². The third kappa shape index (κ3) is 1.89. The molecule has 0 saturated carbocycles. The average molecular weight is 180 g/mol. The van der Waals surface area contributed by atoms with Crippen molar-refractivity contribution in [2.24, 2.45) is 12.8 Å². The van der Waals surface area contributed by atoms with Gasteiger partial charge in [-0.1, -0.05) is 0 Å². The van der Waals surface area contributed by atoms with Gasteiger partial charge in [-0.3, -0.25) is 9.58 Å². The predicted octanol–water partition coefficient (Wildman–Crippen LogP) is -0.0469. The highest BCUT2D eigenvalue weighted by Crippen LogP contribution is 2.19. The second kappa shape index (κ2) is 2.82. The lowest BCUT2D eigenvalue weighted by molar-refractivity contribution is 0.0764. The first kappa shape index (κ1) is 8.72. The number of nitrogens with zero attached hydrogens (tertiary/aromatic N) is 3. The number of likely N-dealkylation sites (tertiary alicyclic amines) is 1. The van der Waals surface area contributed by atoms with Crippen molar-refractivity contribution in [1.29, 1.82) is 0 Å². The summed E-state index contributed by atoms with van der Waals surface area (Å²) in [5, 5.41) is 4.12. The van der Waals surface area contributed by atoms with Crippen LogP contribution in [0.15, 0.2) is 12.4 Å². The van der Waals surface area contributed by atoms with Gasteiger partial charge in [0.05, 0.1) is 6.20 Å². The first-order chi connectivity index (χ1) is 6.05. The lowest BCUT2D eigenvalue weighted by Crippen LogP contribution is -2.64. The van der Waals surface area contributed by atoms with E-state index in [-0.39, 0.29) is 5.54 Å². The van der Waals surface area contributed by atoms with Gasteiger partial charge in [-0.2, -0.15) is 5.10 Å². The van der Waals surface area contributed by atoms with Crippen LogP contribution in [0.3, 0.4) is 0 Å². The lowest BCUT2D eigenvalue weighted by atomic mass is 9.93. The number of hydrogen-bond donors (Lipinski definition) is 1. The molecular formula is C9H16N4. The highest BCUT2D eigenvalue weighted by atomic mass is 15.3. The van der Waals surface area contributed by atoms with Crippen LogP contribution in [0.4, 0.5) is 0 Å². The molecule has 2 N–H and O–H groups in total. The second-order valence-corrected chi connectivity index (χ2v) is 4.32. The van der Waals surface area contributed by atoms with Crippen LogP contribution in [0.2, 0.25) is 0 Å². The van der Waals surface area contributed by atoms with E-state index in [0.717, 1.165) is 19.6 Å². The molecule has 13 heavy (non-hydrogen) atoms. The van der Waals surface area contributed by atoms with E-state index in [1.165, 1.54) is 5.56 Å². The Morgan fingerprint density at radius 1 is 1.62 bits per heavy atom. The molecule has 1 aliphatic heterocycles. The minimum absolute atomic E-state index is 0.0300. The second-order valence-electron chi connectivity index (χ2n) is 4.32. The zero-order chi connectivity index (χ0) is 9.47. The van der Waals surface area contributed by atoms with E-state index in [9.17, 15) is 0 Å². The van der Waals surface area contributed by atoms with Gasteiger partial charge in [-0.05, 0) is 6.92 Å². The molecule has 1 fully saturated rings. The molecule has 4 heteroatoms. The predicted molar refractivity (Wildman–Crippen MR) is 51.1 cm³/mol. The van der Waals surface area contributed by atoms with Crippen LogP contribution in [-0.4, -0.2) is 33.3 Å². The van der Waals surface area contributed by atoms with E-state index >= 15 is 0 Å². The normalized spacial score (nSPS) is 21.5. The van der Waals surface area contributed by atoms with Gasteiger partial charge in [-0.15, -0.1) is 0 Å². The zero-order valence-electron chi connectivity index (χ0n) is 8.20. The molecule has 1 aliphatic rings. The van der Waals surface area contributed by atoms with Crippen LogP contribution < -0.4 is 5.73 Å². The standard InChI is InChI=1S/C9H16N4/c1-9(10)6-13(7-9)5-8-3-11-12(2)4-8/h3-4H,5-7,10H2,1-2H3. The summed E-state index contributed by atoms with van der Waals surface area (Å²) in [6, 6.07) is 0. The molecule has 0 atom stereocenters. The molecule has 0 aliphatic carbocycles. The quantitative estimate of drug-likeness (QED) is 0.694. The van der Waals surface area contributed by atoms with Gasteiger partial charge in [0.1, 0.15) is 0 Å². The van der Waals surface area contributed by atoms with Gasteiger partial charge >= 0.3 is 0 Å². The smallest absolute Gasteiger partial charge is 0.0534 e. The van der Waals surface area contributed by atoms with Crippen molar-refractivity contribution < 1.29 is 0 Å². The van der Waals surface area contributed by atoms with Crippen LogP contribution in [0, 0.1) is 0 Å². The maximum absolute atomic E-state index is 5.91. The van der Waals surface area contributed by atoms with Crippen LogP contribution in [0.1, 0.15) is 12.5 Å². The Hall–Kier alpha value is -0.870. The number of nitrogens with two attached hydrogens (primary N) is 1. The maximum atomic E-state index is 5.91. The third-order valence-electron chi connectivity index (χ3n) is 2.33. The molecule has 0 radical (unpaired) electrons. The summed E-state index contributed by atoms with van der Waals surface area (Å²) in [5.74, 6) is 0. The Kier molecular flexibility index (Phi) is 1.89. The van der Waals surface area contributed by atoms with Crippen molar-refractivity contribution >= 4 is 0 Å². The Balaban J connectivity index is 1.87. The van der Waals surface area contributed by atoms with E-state index in [4.69, 9.17) is 5.73 Å². The van der Waals surface area contributed by atoms with Gasteiger partial charge in [0, 0.05) is 44.0 Å². The Bertz CT molecular complexity index is 294. The van der Waals surface area contributed by atoms with Crippen LogP contribution in [-0.2, 0) is 13.6 Å². The Morgan fingerprint density at radius 3 is 2.77 bits per heavy atom. The van der Waals surface area contributed by atoms with Crippen molar-refractivity contribution in [2.75, 3.05) is 13.1 Å². The molecule has 1 aromatic heterocycles. The zero-order valence-corrected chi connectivity index (χ0v) is 8.20. The summed E-state index contributed by atoms with van der Waals surface area (Å²) >= 11 is 0. The van der Waals surface area contributed by atoms with Crippen molar-refractivity contribution in [1.82, 2.24) is 14.7 Å². The summed E-state index contributed by atoms with van der Waals surface area (Å²) in [6.07, 6.45) is 3.96. The van der Waals surface area contributed by atoms with E-state index in [0.29, 0.717) is 0 Å². The Morgan fingerprint density at radius 2 is 2.31 bits per heavy atom. The number of aromatic nitrogens is 2. The topological polar surface area (TPSA) is 47.1 Å². The van der Waals surface area contributed by atoms with Crippen molar-refractivity contribution in [3.63, 3.8) is 0 Å². The minimum Gasteiger partial charge on any atom is -0.323 e. The highest BCUT2D eigenvalue weighted by molar-refractivity contribution is 5.06. The van der Waals surface area contributed by atoms with E-state index in [2.05, 4.69) is 16.9 Å². The fourth-order valence-electron chi connectivity index (χ4n) is 1.90. The van der Waals surface area contributed by atoms with Gasteiger partial charge in [0.25, 0.3) is 0 Å². The van der Waals surface area contributed by atoms with Gasteiger partial charge < -0.3 is 5.73 Å². The van der Waals surface area contributed by atoms with Crippen LogP contribution in [0.5, 0.6) is 0 Å². The number of rotatable bonds is 2. The molecule has 4 nitrogen and oxygen atoms in total.